The highest BCUT2D eigenvalue weighted by Gasteiger charge is 2.29. The molecule has 0 spiro atoms. The molecule has 1 aliphatic carbocycles. The maximum atomic E-state index is 12.0. The third-order valence-corrected chi connectivity index (χ3v) is 6.28. The minimum Gasteiger partial charge on any atom is -0.382 e. The molecule has 0 aromatic heterocycles. The van der Waals surface area contributed by atoms with Crippen molar-refractivity contribution in [3.8, 4) is 0 Å². The van der Waals surface area contributed by atoms with Crippen molar-refractivity contribution < 1.29 is 8.42 Å². The Labute approximate surface area is 122 Å². The van der Waals surface area contributed by atoms with Crippen LogP contribution in [0.3, 0.4) is 0 Å². The number of rotatable bonds is 4. The van der Waals surface area contributed by atoms with Crippen LogP contribution in [0.4, 0.5) is 5.69 Å². The molecule has 0 saturated heterocycles. The summed E-state index contributed by atoms with van der Waals surface area (Å²) in [7, 11) is -0.245. The maximum absolute atomic E-state index is 12.0. The SMILES string of the molecule is CC1CCC(Nc2ccc(S(=O)(=O)N(C)C)cc2)C1C. The van der Waals surface area contributed by atoms with E-state index in [0.717, 1.165) is 11.6 Å². The quantitative estimate of drug-likeness (QED) is 0.929. The molecule has 1 saturated carbocycles. The lowest BCUT2D eigenvalue weighted by Crippen LogP contribution is -2.24. The Kier molecular flexibility index (Phi) is 4.39. The molecule has 1 N–H and O–H groups in total. The van der Waals surface area contributed by atoms with Gasteiger partial charge in [-0.05, 0) is 48.9 Å². The van der Waals surface area contributed by atoms with Crippen molar-refractivity contribution in [3.05, 3.63) is 24.3 Å². The monoisotopic (exact) mass is 296 g/mol. The van der Waals surface area contributed by atoms with Gasteiger partial charge < -0.3 is 5.32 Å². The van der Waals surface area contributed by atoms with Crippen molar-refractivity contribution in [3.63, 3.8) is 0 Å². The van der Waals surface area contributed by atoms with Crippen LogP contribution < -0.4 is 5.32 Å². The molecule has 1 aromatic carbocycles. The van der Waals surface area contributed by atoms with E-state index in [-0.39, 0.29) is 0 Å². The van der Waals surface area contributed by atoms with Crippen LogP contribution in [0.25, 0.3) is 0 Å². The van der Waals surface area contributed by atoms with Crippen LogP contribution in [-0.2, 0) is 10.0 Å². The van der Waals surface area contributed by atoms with Crippen molar-refractivity contribution in [1.82, 2.24) is 4.31 Å². The third kappa shape index (κ3) is 2.99. The number of nitrogens with zero attached hydrogens (tertiary/aromatic N) is 1. The maximum Gasteiger partial charge on any atom is 0.242 e. The van der Waals surface area contributed by atoms with Gasteiger partial charge in [0.05, 0.1) is 4.90 Å². The molecule has 5 heteroatoms. The molecule has 0 aliphatic heterocycles. The highest BCUT2D eigenvalue weighted by molar-refractivity contribution is 7.89. The van der Waals surface area contributed by atoms with Crippen molar-refractivity contribution in [2.24, 2.45) is 11.8 Å². The molecule has 0 amide bonds. The van der Waals surface area contributed by atoms with Gasteiger partial charge in [-0.2, -0.15) is 0 Å². The van der Waals surface area contributed by atoms with Gasteiger partial charge in [0.25, 0.3) is 0 Å². The van der Waals surface area contributed by atoms with Gasteiger partial charge in [0.1, 0.15) is 0 Å². The van der Waals surface area contributed by atoms with Crippen LogP contribution in [0.1, 0.15) is 26.7 Å². The number of nitrogens with one attached hydrogen (secondary N) is 1. The molecule has 20 heavy (non-hydrogen) atoms. The Balaban J connectivity index is 2.10. The van der Waals surface area contributed by atoms with Crippen molar-refractivity contribution in [1.29, 1.82) is 0 Å². The van der Waals surface area contributed by atoms with Crippen LogP contribution in [-0.4, -0.2) is 32.9 Å². The van der Waals surface area contributed by atoms with Gasteiger partial charge in [-0.25, -0.2) is 12.7 Å². The summed E-state index contributed by atoms with van der Waals surface area (Å²) in [4.78, 5) is 0.334. The van der Waals surface area contributed by atoms with Gasteiger partial charge in [0, 0.05) is 25.8 Å². The summed E-state index contributed by atoms with van der Waals surface area (Å²) < 4.78 is 25.2. The molecule has 1 aliphatic rings. The highest BCUT2D eigenvalue weighted by atomic mass is 32.2. The number of sulfonamides is 1. The van der Waals surface area contributed by atoms with Crippen molar-refractivity contribution in [2.45, 2.75) is 37.6 Å². The summed E-state index contributed by atoms with van der Waals surface area (Å²) in [5.74, 6) is 1.40. The largest absolute Gasteiger partial charge is 0.382 e. The number of benzene rings is 1. The van der Waals surface area contributed by atoms with Gasteiger partial charge in [-0.3, -0.25) is 0 Å². The first-order valence-corrected chi connectivity index (χ1v) is 8.55. The van der Waals surface area contributed by atoms with Gasteiger partial charge in [0.15, 0.2) is 0 Å². The Morgan fingerprint density at radius 2 is 1.70 bits per heavy atom. The van der Waals surface area contributed by atoms with E-state index >= 15 is 0 Å². The van der Waals surface area contributed by atoms with Crippen LogP contribution in [0.15, 0.2) is 29.2 Å². The molecule has 3 atom stereocenters. The molecule has 1 aromatic rings. The predicted molar refractivity (Wildman–Crippen MR) is 82.3 cm³/mol. The molecule has 0 radical (unpaired) electrons. The van der Waals surface area contributed by atoms with E-state index in [1.54, 1.807) is 26.2 Å². The molecule has 0 bridgehead atoms. The first-order valence-electron chi connectivity index (χ1n) is 7.11. The van der Waals surface area contributed by atoms with Gasteiger partial charge >= 0.3 is 0 Å². The zero-order valence-electron chi connectivity index (χ0n) is 12.6. The third-order valence-electron chi connectivity index (χ3n) is 4.45. The fourth-order valence-electron chi connectivity index (χ4n) is 2.72. The van der Waals surface area contributed by atoms with E-state index in [0.29, 0.717) is 16.9 Å². The Morgan fingerprint density at radius 1 is 1.10 bits per heavy atom. The summed E-state index contributed by atoms with van der Waals surface area (Å²) >= 11 is 0. The van der Waals surface area contributed by atoms with E-state index in [9.17, 15) is 8.42 Å². The molecule has 4 nitrogen and oxygen atoms in total. The van der Waals surface area contributed by atoms with Crippen LogP contribution in [0, 0.1) is 11.8 Å². The summed E-state index contributed by atoms with van der Waals surface area (Å²) in [6, 6.07) is 7.53. The summed E-state index contributed by atoms with van der Waals surface area (Å²) in [5, 5.41) is 3.52. The van der Waals surface area contributed by atoms with E-state index in [1.807, 2.05) is 12.1 Å². The molecular weight excluding hydrogens is 272 g/mol. The van der Waals surface area contributed by atoms with Crippen LogP contribution in [0.5, 0.6) is 0 Å². The van der Waals surface area contributed by atoms with Crippen LogP contribution in [0.2, 0.25) is 0 Å². The van der Waals surface area contributed by atoms with E-state index in [2.05, 4.69) is 19.2 Å². The Bertz CT molecular complexity index is 552. The molecule has 0 heterocycles. The highest BCUT2D eigenvalue weighted by Crippen LogP contribution is 2.33. The summed E-state index contributed by atoms with van der Waals surface area (Å²) in [5.41, 5.74) is 0.994. The average Bonchev–Trinajstić information content (AvgIpc) is 2.71. The second-order valence-electron chi connectivity index (χ2n) is 5.98. The van der Waals surface area contributed by atoms with Crippen molar-refractivity contribution >= 4 is 15.7 Å². The first kappa shape index (κ1) is 15.3. The standard InChI is InChI=1S/C15H24N2O2S/c1-11-5-10-15(12(11)2)16-13-6-8-14(9-7-13)20(18,19)17(3)4/h6-9,11-12,15-16H,5,10H2,1-4H3. The fraction of sp³-hybridized carbons (Fsp3) is 0.600. The van der Waals surface area contributed by atoms with Gasteiger partial charge in [0.2, 0.25) is 10.0 Å². The number of anilines is 1. The predicted octanol–water partition coefficient (Wildman–Crippen LogP) is 2.78. The summed E-state index contributed by atoms with van der Waals surface area (Å²) in [6.45, 7) is 4.57. The molecule has 112 valence electrons. The van der Waals surface area contributed by atoms with Crippen LogP contribution >= 0.6 is 0 Å². The van der Waals surface area contributed by atoms with Crippen molar-refractivity contribution in [2.75, 3.05) is 19.4 Å². The number of hydrogen-bond acceptors (Lipinski definition) is 3. The first-order chi connectivity index (χ1) is 9.32. The minimum absolute atomic E-state index is 0.334. The van der Waals surface area contributed by atoms with E-state index in [4.69, 9.17) is 0 Å². The fourth-order valence-corrected chi connectivity index (χ4v) is 3.62. The lowest BCUT2D eigenvalue weighted by atomic mass is 9.98. The Hall–Kier alpha value is -1.07. The zero-order valence-corrected chi connectivity index (χ0v) is 13.4. The van der Waals surface area contributed by atoms with E-state index in [1.165, 1.54) is 17.1 Å². The smallest absolute Gasteiger partial charge is 0.242 e. The van der Waals surface area contributed by atoms with Gasteiger partial charge in [-0.1, -0.05) is 13.8 Å². The topological polar surface area (TPSA) is 49.4 Å². The molecule has 1 fully saturated rings. The molecule has 3 unspecified atom stereocenters. The molecular formula is C15H24N2O2S. The minimum atomic E-state index is -3.33. The van der Waals surface area contributed by atoms with E-state index < -0.39 is 10.0 Å². The Morgan fingerprint density at radius 3 is 2.15 bits per heavy atom. The molecule has 2 rings (SSSR count). The zero-order chi connectivity index (χ0) is 14.9. The van der Waals surface area contributed by atoms with Gasteiger partial charge in [-0.15, -0.1) is 0 Å². The second kappa shape index (κ2) is 5.74. The normalized spacial score (nSPS) is 26.9. The lowest BCUT2D eigenvalue weighted by Gasteiger charge is -2.21. The second-order valence-corrected chi connectivity index (χ2v) is 8.13. The average molecular weight is 296 g/mol. The lowest BCUT2D eigenvalue weighted by molar-refractivity contribution is 0.435. The summed E-state index contributed by atoms with van der Waals surface area (Å²) in [6.07, 6.45) is 2.44. The number of hydrogen-bond donors (Lipinski definition) is 1.